The molecule has 0 radical (unpaired) electrons. The average Bonchev–Trinajstić information content (AvgIpc) is 4.01. The summed E-state index contributed by atoms with van der Waals surface area (Å²) in [6.07, 6.45) is 0. The molecule has 9 aromatic carbocycles. The highest BCUT2D eigenvalue weighted by Gasteiger charge is 2.51. The van der Waals surface area contributed by atoms with Crippen molar-refractivity contribution >= 4 is 53.3 Å². The zero-order valence-corrected chi connectivity index (χ0v) is 34.6. The van der Waals surface area contributed by atoms with Gasteiger partial charge in [0, 0.05) is 47.6 Å². The van der Waals surface area contributed by atoms with Crippen molar-refractivity contribution in [2.24, 2.45) is 0 Å². The van der Waals surface area contributed by atoms with Crippen molar-refractivity contribution in [3.63, 3.8) is 0 Å². The van der Waals surface area contributed by atoms with Gasteiger partial charge in [-0.15, -0.1) is 11.3 Å². The smallest absolute Gasteiger partial charge is 0.164 e. The third-order valence-electron chi connectivity index (χ3n) is 13.5. The van der Waals surface area contributed by atoms with Gasteiger partial charge in [-0.1, -0.05) is 188 Å². The Kier molecular flexibility index (Phi) is 7.16. The summed E-state index contributed by atoms with van der Waals surface area (Å²) in [5, 5.41) is 5.12. The Balaban J connectivity index is 0.991. The van der Waals surface area contributed by atoms with Crippen molar-refractivity contribution in [2.75, 3.05) is 0 Å². The van der Waals surface area contributed by atoms with Crippen LogP contribution in [-0.4, -0.2) is 19.5 Å². The first-order valence-corrected chi connectivity index (χ1v) is 22.3. The Morgan fingerprint density at radius 3 is 1.81 bits per heavy atom. The molecule has 0 fully saturated rings. The Bertz CT molecular complexity index is 3860. The van der Waals surface area contributed by atoms with E-state index in [4.69, 9.17) is 15.0 Å². The number of hydrogen-bond acceptors (Lipinski definition) is 4. The summed E-state index contributed by atoms with van der Waals surface area (Å²) in [5.41, 5.74) is 15.8. The van der Waals surface area contributed by atoms with Gasteiger partial charge in [0.1, 0.15) is 0 Å². The lowest BCUT2D eigenvalue weighted by atomic mass is 9.65. The van der Waals surface area contributed by atoms with Gasteiger partial charge in [-0.2, -0.15) is 0 Å². The average molecular weight is 819 g/mol. The van der Waals surface area contributed by atoms with Gasteiger partial charge in [-0.3, -0.25) is 0 Å². The molecule has 0 amide bonds. The molecular formula is C58H34N4S. The van der Waals surface area contributed by atoms with Crippen molar-refractivity contribution in [3.8, 4) is 62.1 Å². The van der Waals surface area contributed by atoms with Crippen molar-refractivity contribution in [3.05, 3.63) is 229 Å². The van der Waals surface area contributed by atoms with Crippen LogP contribution in [-0.2, 0) is 5.41 Å². The normalized spacial score (nSPS) is 14.7. The van der Waals surface area contributed by atoms with E-state index >= 15 is 0 Å². The number of para-hydroxylation sites is 3. The Hall–Kier alpha value is -7.99. The van der Waals surface area contributed by atoms with Crippen LogP contribution in [0, 0.1) is 0 Å². The van der Waals surface area contributed by atoms with Crippen LogP contribution in [0.4, 0.5) is 0 Å². The summed E-state index contributed by atoms with van der Waals surface area (Å²) in [6.45, 7) is 0. The summed E-state index contributed by atoms with van der Waals surface area (Å²) >= 11 is 1.85. The fourth-order valence-electron chi connectivity index (χ4n) is 10.9. The molecule has 0 N–H and O–H groups in total. The van der Waals surface area contributed by atoms with Gasteiger partial charge in [0.05, 0.1) is 22.1 Å². The van der Waals surface area contributed by atoms with Crippen LogP contribution >= 0.6 is 11.3 Å². The van der Waals surface area contributed by atoms with E-state index < -0.39 is 5.41 Å². The SMILES string of the molecule is c1ccc(-c2nc(-c3ccc(-c4cccc5c4sc4ccccc45)cc3)nc(-c3cccc4c3-c3ccccc3C43c4ccccc4-n4c5ccccc5c5cccc3c54)n2)cc1. The van der Waals surface area contributed by atoms with Crippen molar-refractivity contribution < 1.29 is 0 Å². The quantitative estimate of drug-likeness (QED) is 0.178. The maximum absolute atomic E-state index is 5.39. The van der Waals surface area contributed by atoms with Gasteiger partial charge < -0.3 is 4.57 Å². The standard InChI is InChI=1S/C58H34N4S/c1-2-15-36(16-3-1)55-59-56(37-33-31-35(32-34-37)38-20-12-22-42-40-18-6-11-30-51(40)63-54(38)42)61-57(60-55)44-23-14-26-47-52(44)43-19-4-7-24-45(43)58(47)46-25-8-10-29-50(46)62-49-28-9-5-17-39(49)41-21-13-27-48(58)53(41)62/h1-34H. The second-order valence-corrected chi connectivity index (χ2v) is 17.7. The van der Waals surface area contributed by atoms with Gasteiger partial charge in [0.25, 0.3) is 0 Å². The van der Waals surface area contributed by atoms with Crippen molar-refractivity contribution in [2.45, 2.75) is 5.41 Å². The van der Waals surface area contributed by atoms with E-state index in [9.17, 15) is 0 Å². The largest absolute Gasteiger partial charge is 0.309 e. The number of rotatable bonds is 4. The molecule has 2 aliphatic rings. The van der Waals surface area contributed by atoms with E-state index in [1.807, 2.05) is 29.5 Å². The molecule has 1 spiro atoms. The fraction of sp³-hybridized carbons (Fsp3) is 0.0172. The number of benzene rings is 9. The summed E-state index contributed by atoms with van der Waals surface area (Å²) in [7, 11) is 0. The van der Waals surface area contributed by atoms with Gasteiger partial charge in [-0.25, -0.2) is 15.0 Å². The number of thiophene rings is 1. The monoisotopic (exact) mass is 818 g/mol. The lowest BCUT2D eigenvalue weighted by Crippen LogP contribution is -2.33. The fourth-order valence-corrected chi connectivity index (χ4v) is 12.2. The molecule has 1 aliphatic heterocycles. The number of nitrogens with zero attached hydrogens (tertiary/aromatic N) is 4. The van der Waals surface area contributed by atoms with Crippen LogP contribution in [0.25, 0.3) is 104 Å². The zero-order chi connectivity index (χ0) is 41.2. The summed E-state index contributed by atoms with van der Waals surface area (Å²) < 4.78 is 5.09. The molecule has 0 saturated heterocycles. The molecule has 63 heavy (non-hydrogen) atoms. The Morgan fingerprint density at radius 1 is 0.365 bits per heavy atom. The number of fused-ring (bicyclic) bond motifs is 15. The molecule has 0 bridgehead atoms. The Labute approximate surface area is 367 Å². The predicted octanol–water partition coefficient (Wildman–Crippen LogP) is 14.7. The first-order valence-electron chi connectivity index (χ1n) is 21.4. The van der Waals surface area contributed by atoms with Crippen LogP contribution < -0.4 is 0 Å². The molecule has 1 aliphatic carbocycles. The number of aromatic nitrogens is 4. The van der Waals surface area contributed by atoms with E-state index in [0.717, 1.165) is 27.8 Å². The molecule has 1 atom stereocenters. The van der Waals surface area contributed by atoms with E-state index in [0.29, 0.717) is 17.5 Å². The van der Waals surface area contributed by atoms with E-state index in [-0.39, 0.29) is 0 Å². The molecule has 1 unspecified atom stereocenters. The molecule has 4 nitrogen and oxygen atoms in total. The van der Waals surface area contributed by atoms with Crippen LogP contribution in [0.2, 0.25) is 0 Å². The lowest BCUT2D eigenvalue weighted by Gasteiger charge is -2.39. The van der Waals surface area contributed by atoms with Crippen LogP contribution in [0.15, 0.2) is 206 Å². The number of hydrogen-bond donors (Lipinski definition) is 0. The highest BCUT2D eigenvalue weighted by molar-refractivity contribution is 7.26. The molecule has 3 aromatic heterocycles. The molecule has 14 rings (SSSR count). The first-order chi connectivity index (χ1) is 31.3. The molecule has 0 saturated carbocycles. The topological polar surface area (TPSA) is 43.6 Å². The van der Waals surface area contributed by atoms with Gasteiger partial charge >= 0.3 is 0 Å². The Morgan fingerprint density at radius 2 is 0.937 bits per heavy atom. The van der Waals surface area contributed by atoms with Crippen molar-refractivity contribution in [1.29, 1.82) is 0 Å². The van der Waals surface area contributed by atoms with E-state index in [1.54, 1.807) is 0 Å². The van der Waals surface area contributed by atoms with E-state index in [1.165, 1.54) is 81.0 Å². The molecular weight excluding hydrogens is 785 g/mol. The zero-order valence-electron chi connectivity index (χ0n) is 33.8. The summed E-state index contributed by atoms with van der Waals surface area (Å²) in [5.74, 6) is 1.94. The van der Waals surface area contributed by atoms with Gasteiger partial charge in [0.2, 0.25) is 0 Å². The first kappa shape index (κ1) is 34.7. The third-order valence-corrected chi connectivity index (χ3v) is 14.7. The maximum atomic E-state index is 5.39. The molecule has 4 heterocycles. The third kappa shape index (κ3) is 4.72. The summed E-state index contributed by atoms with van der Waals surface area (Å²) in [4.78, 5) is 15.9. The van der Waals surface area contributed by atoms with E-state index in [2.05, 4.69) is 193 Å². The molecule has 5 heteroatoms. The lowest BCUT2D eigenvalue weighted by molar-refractivity contribution is 0.748. The van der Waals surface area contributed by atoms with Gasteiger partial charge in [0.15, 0.2) is 17.5 Å². The minimum atomic E-state index is -0.576. The second kappa shape index (κ2) is 13.0. The van der Waals surface area contributed by atoms with Crippen LogP contribution in [0.5, 0.6) is 0 Å². The minimum absolute atomic E-state index is 0.576. The van der Waals surface area contributed by atoms with Crippen LogP contribution in [0.3, 0.4) is 0 Å². The predicted molar refractivity (Wildman–Crippen MR) is 260 cm³/mol. The molecule has 12 aromatic rings. The summed E-state index contributed by atoms with van der Waals surface area (Å²) in [6, 6.07) is 74.7. The second-order valence-electron chi connectivity index (χ2n) is 16.6. The van der Waals surface area contributed by atoms with Gasteiger partial charge in [-0.05, 0) is 62.7 Å². The highest BCUT2D eigenvalue weighted by atomic mass is 32.1. The maximum Gasteiger partial charge on any atom is 0.164 e. The highest BCUT2D eigenvalue weighted by Crippen LogP contribution is 2.62. The molecule has 292 valence electrons. The minimum Gasteiger partial charge on any atom is -0.309 e. The van der Waals surface area contributed by atoms with Crippen LogP contribution in [0.1, 0.15) is 22.3 Å². The van der Waals surface area contributed by atoms with Crippen molar-refractivity contribution in [1.82, 2.24) is 19.5 Å².